The lowest BCUT2D eigenvalue weighted by molar-refractivity contribution is 0.591. The normalized spacial score (nSPS) is 12.6. The van der Waals surface area contributed by atoms with Gasteiger partial charge in [0, 0.05) is 34.9 Å². The minimum absolute atomic E-state index is 0.0741. The topological polar surface area (TPSA) is 25.8 Å². The van der Waals surface area contributed by atoms with Crippen molar-refractivity contribution in [2.45, 2.75) is 52.4 Å². The van der Waals surface area contributed by atoms with Crippen LogP contribution in [0.4, 0.5) is 0 Å². The molecule has 2 aromatic carbocycles. The van der Waals surface area contributed by atoms with Crippen LogP contribution in [0.2, 0.25) is 0 Å². The molecule has 0 saturated carbocycles. The summed E-state index contributed by atoms with van der Waals surface area (Å²) in [5, 5.41) is 4.76. The van der Waals surface area contributed by atoms with E-state index in [2.05, 4.69) is 89.0 Å². The number of hydrogen-bond acceptors (Lipinski definition) is 2. The number of nitrogens with zero attached hydrogens (tertiary/aromatic N) is 2. The van der Waals surface area contributed by atoms with Crippen molar-refractivity contribution in [1.82, 2.24) is 9.97 Å². The Hall–Kier alpha value is -2.74. The molecule has 0 atom stereocenters. The summed E-state index contributed by atoms with van der Waals surface area (Å²) >= 11 is 0. The molecular formula is C26H28N2. The van der Waals surface area contributed by atoms with Gasteiger partial charge >= 0.3 is 0 Å². The summed E-state index contributed by atoms with van der Waals surface area (Å²) in [7, 11) is 0. The summed E-state index contributed by atoms with van der Waals surface area (Å²) in [6.45, 7) is 13.5. The Bertz CT molecular complexity index is 1170. The van der Waals surface area contributed by atoms with Crippen LogP contribution in [0.1, 0.15) is 52.7 Å². The van der Waals surface area contributed by atoms with E-state index in [1.807, 2.05) is 18.6 Å². The zero-order valence-corrected chi connectivity index (χ0v) is 17.7. The Morgan fingerprint density at radius 1 is 0.643 bits per heavy atom. The van der Waals surface area contributed by atoms with E-state index in [0.717, 1.165) is 16.6 Å². The molecule has 0 spiro atoms. The van der Waals surface area contributed by atoms with Crippen molar-refractivity contribution in [2.24, 2.45) is 0 Å². The molecule has 4 aromatic rings. The van der Waals surface area contributed by atoms with Crippen LogP contribution in [0.5, 0.6) is 0 Å². The van der Waals surface area contributed by atoms with Crippen molar-refractivity contribution in [1.29, 1.82) is 0 Å². The second-order valence-electron chi connectivity index (χ2n) is 9.75. The van der Waals surface area contributed by atoms with E-state index in [4.69, 9.17) is 4.98 Å². The molecule has 0 N–H and O–H groups in total. The van der Waals surface area contributed by atoms with Gasteiger partial charge in [-0.3, -0.25) is 9.97 Å². The predicted octanol–water partition coefficient (Wildman–Crippen LogP) is 7.05. The van der Waals surface area contributed by atoms with E-state index >= 15 is 0 Å². The maximum Gasteiger partial charge on any atom is 0.0715 e. The van der Waals surface area contributed by atoms with Crippen LogP contribution in [0, 0.1) is 0 Å². The first-order valence-corrected chi connectivity index (χ1v) is 9.92. The van der Waals surface area contributed by atoms with E-state index in [1.54, 1.807) is 0 Å². The smallest absolute Gasteiger partial charge is 0.0715 e. The SMILES string of the molecule is CC(C)(C)c1ccc2cc(-c3cc(C(C)(C)C)cc4ccncc34)ncc2c1. The number of fused-ring (bicyclic) bond motifs is 2. The third kappa shape index (κ3) is 3.40. The Morgan fingerprint density at radius 2 is 1.36 bits per heavy atom. The molecule has 28 heavy (non-hydrogen) atoms. The van der Waals surface area contributed by atoms with Crippen molar-refractivity contribution in [2.75, 3.05) is 0 Å². The van der Waals surface area contributed by atoms with E-state index < -0.39 is 0 Å². The van der Waals surface area contributed by atoms with Gasteiger partial charge in [-0.2, -0.15) is 0 Å². The van der Waals surface area contributed by atoms with Gasteiger partial charge in [0.05, 0.1) is 5.69 Å². The van der Waals surface area contributed by atoms with Gasteiger partial charge < -0.3 is 0 Å². The molecule has 0 aliphatic carbocycles. The molecule has 0 unspecified atom stereocenters. The molecule has 0 saturated heterocycles. The zero-order valence-electron chi connectivity index (χ0n) is 17.7. The monoisotopic (exact) mass is 368 g/mol. The zero-order chi connectivity index (χ0) is 20.1. The molecule has 0 radical (unpaired) electrons. The van der Waals surface area contributed by atoms with E-state index in [9.17, 15) is 0 Å². The van der Waals surface area contributed by atoms with Crippen LogP contribution in [0.15, 0.2) is 61.1 Å². The van der Waals surface area contributed by atoms with Crippen LogP contribution in [0.3, 0.4) is 0 Å². The van der Waals surface area contributed by atoms with E-state index in [1.165, 1.54) is 27.3 Å². The third-order valence-electron chi connectivity index (χ3n) is 5.49. The molecule has 142 valence electrons. The van der Waals surface area contributed by atoms with Gasteiger partial charge in [0.2, 0.25) is 0 Å². The molecule has 0 bridgehead atoms. The summed E-state index contributed by atoms with van der Waals surface area (Å²) in [5.74, 6) is 0. The van der Waals surface area contributed by atoms with Gasteiger partial charge in [-0.15, -0.1) is 0 Å². The van der Waals surface area contributed by atoms with Crippen LogP contribution >= 0.6 is 0 Å². The van der Waals surface area contributed by atoms with Gasteiger partial charge in [-0.1, -0.05) is 59.7 Å². The van der Waals surface area contributed by atoms with E-state index in [0.29, 0.717) is 0 Å². The van der Waals surface area contributed by atoms with Gasteiger partial charge in [0.15, 0.2) is 0 Å². The summed E-state index contributed by atoms with van der Waals surface area (Å²) in [6, 6.07) is 15.6. The maximum absolute atomic E-state index is 4.85. The lowest BCUT2D eigenvalue weighted by Crippen LogP contribution is -2.11. The largest absolute Gasteiger partial charge is 0.264 e. The summed E-state index contributed by atoms with van der Waals surface area (Å²) in [4.78, 5) is 9.21. The molecule has 4 rings (SSSR count). The molecule has 0 aliphatic heterocycles. The second-order valence-corrected chi connectivity index (χ2v) is 9.75. The number of pyridine rings is 2. The number of hydrogen-bond donors (Lipinski definition) is 0. The van der Waals surface area contributed by atoms with Gasteiger partial charge in [-0.25, -0.2) is 0 Å². The van der Waals surface area contributed by atoms with Crippen LogP contribution in [0.25, 0.3) is 32.8 Å². The fraction of sp³-hybridized carbons (Fsp3) is 0.308. The minimum atomic E-state index is 0.0741. The van der Waals surface area contributed by atoms with E-state index in [-0.39, 0.29) is 10.8 Å². The average Bonchev–Trinajstić information content (AvgIpc) is 2.65. The number of aromatic nitrogens is 2. The average molecular weight is 369 g/mol. The lowest BCUT2D eigenvalue weighted by Gasteiger charge is -2.21. The molecule has 0 aliphatic rings. The predicted molar refractivity (Wildman–Crippen MR) is 120 cm³/mol. The van der Waals surface area contributed by atoms with Crippen LogP contribution in [-0.2, 0) is 10.8 Å². The minimum Gasteiger partial charge on any atom is -0.264 e. The quantitative estimate of drug-likeness (QED) is 0.360. The lowest BCUT2D eigenvalue weighted by atomic mass is 9.84. The first-order chi connectivity index (χ1) is 13.1. The Morgan fingerprint density at radius 3 is 2.07 bits per heavy atom. The first kappa shape index (κ1) is 18.6. The fourth-order valence-electron chi connectivity index (χ4n) is 3.60. The Kier molecular flexibility index (Phi) is 4.26. The van der Waals surface area contributed by atoms with Crippen LogP contribution in [-0.4, -0.2) is 9.97 Å². The van der Waals surface area contributed by atoms with Gasteiger partial charge in [0.25, 0.3) is 0 Å². The summed E-state index contributed by atoms with van der Waals surface area (Å²) < 4.78 is 0. The highest BCUT2D eigenvalue weighted by atomic mass is 14.7. The second kappa shape index (κ2) is 6.41. The highest BCUT2D eigenvalue weighted by Gasteiger charge is 2.18. The van der Waals surface area contributed by atoms with Crippen molar-refractivity contribution >= 4 is 21.5 Å². The van der Waals surface area contributed by atoms with Crippen molar-refractivity contribution in [3.05, 3.63) is 72.2 Å². The third-order valence-corrected chi connectivity index (χ3v) is 5.49. The highest BCUT2D eigenvalue weighted by molar-refractivity contribution is 5.98. The van der Waals surface area contributed by atoms with Crippen molar-refractivity contribution in [3.63, 3.8) is 0 Å². The standard InChI is InChI=1S/C26H28N2/c1-25(2,3)20-8-7-17-13-24(28-15-19(17)12-20)22-14-21(26(4,5)6)11-18-9-10-27-16-23(18)22/h7-16H,1-6H3. The van der Waals surface area contributed by atoms with Gasteiger partial charge in [-0.05, 0) is 57.0 Å². The molecule has 2 heterocycles. The number of benzene rings is 2. The van der Waals surface area contributed by atoms with Gasteiger partial charge in [0.1, 0.15) is 0 Å². The van der Waals surface area contributed by atoms with Crippen molar-refractivity contribution in [3.8, 4) is 11.3 Å². The molecule has 0 amide bonds. The fourth-order valence-corrected chi connectivity index (χ4v) is 3.60. The van der Waals surface area contributed by atoms with Crippen LogP contribution < -0.4 is 0 Å². The first-order valence-electron chi connectivity index (χ1n) is 9.92. The number of rotatable bonds is 1. The highest BCUT2D eigenvalue weighted by Crippen LogP contribution is 2.35. The maximum atomic E-state index is 4.85. The Labute approximate surface area is 167 Å². The molecule has 0 fully saturated rings. The Balaban J connectivity index is 1.93. The summed E-state index contributed by atoms with van der Waals surface area (Å²) in [5.41, 5.74) is 5.00. The molecular weight excluding hydrogens is 340 g/mol. The molecule has 2 aromatic heterocycles. The summed E-state index contributed by atoms with van der Waals surface area (Å²) in [6.07, 6.45) is 5.82. The van der Waals surface area contributed by atoms with Crippen molar-refractivity contribution < 1.29 is 0 Å². The molecule has 2 nitrogen and oxygen atoms in total. The molecule has 2 heteroatoms.